The first kappa shape index (κ1) is 15.2. The van der Waals surface area contributed by atoms with Crippen LogP contribution in [0.4, 0.5) is 0 Å². The molecular weight excluding hydrogens is 324 g/mol. The Labute approximate surface area is 127 Å². The van der Waals surface area contributed by atoms with E-state index in [0.717, 1.165) is 15.6 Å². The second kappa shape index (κ2) is 5.28. The summed E-state index contributed by atoms with van der Waals surface area (Å²) < 4.78 is 11.8. The van der Waals surface area contributed by atoms with Crippen LogP contribution >= 0.6 is 15.9 Å². The second-order valence-electron chi connectivity index (χ2n) is 5.99. The molecule has 1 aliphatic heterocycles. The van der Waals surface area contributed by atoms with Gasteiger partial charge in [-0.05, 0) is 39.0 Å². The minimum Gasteiger partial charge on any atom is -0.481 e. The van der Waals surface area contributed by atoms with Gasteiger partial charge in [0.25, 0.3) is 0 Å². The molecule has 0 aromatic heterocycles. The summed E-state index contributed by atoms with van der Waals surface area (Å²) in [6, 6.07) is 1.92. The van der Waals surface area contributed by atoms with E-state index in [4.69, 9.17) is 14.6 Å². The molecule has 110 valence electrons. The summed E-state index contributed by atoms with van der Waals surface area (Å²) in [5.74, 6) is 0.832. The van der Waals surface area contributed by atoms with Crippen molar-refractivity contribution >= 4 is 21.9 Å². The zero-order chi connectivity index (χ0) is 15.1. The van der Waals surface area contributed by atoms with Crippen LogP contribution < -0.4 is 9.47 Å². The van der Waals surface area contributed by atoms with Gasteiger partial charge in [0, 0.05) is 5.41 Å². The number of carbonyl (C=O) groups is 1. The van der Waals surface area contributed by atoms with E-state index in [1.54, 1.807) is 0 Å². The Morgan fingerprint density at radius 3 is 2.65 bits per heavy atom. The molecule has 0 bridgehead atoms. The highest BCUT2D eigenvalue weighted by atomic mass is 79.9. The van der Waals surface area contributed by atoms with Crippen molar-refractivity contribution < 1.29 is 19.4 Å². The molecule has 0 saturated carbocycles. The van der Waals surface area contributed by atoms with Crippen molar-refractivity contribution in [2.75, 3.05) is 6.79 Å². The molecule has 2 rings (SSSR count). The predicted octanol–water partition coefficient (Wildman–Crippen LogP) is 4.05. The molecule has 1 aromatic carbocycles. The Balaban J connectivity index is 2.63. The van der Waals surface area contributed by atoms with Crippen molar-refractivity contribution in [3.05, 3.63) is 21.7 Å². The molecule has 20 heavy (non-hydrogen) atoms. The van der Waals surface area contributed by atoms with Crippen LogP contribution in [0.15, 0.2) is 10.5 Å². The summed E-state index contributed by atoms with van der Waals surface area (Å²) >= 11 is 3.59. The van der Waals surface area contributed by atoms with Gasteiger partial charge in [-0.25, -0.2) is 0 Å². The van der Waals surface area contributed by atoms with Crippen molar-refractivity contribution in [2.45, 2.75) is 45.4 Å². The number of halogens is 1. The molecular formula is C15H19BrO4. The maximum atomic E-state index is 11.1. The minimum atomic E-state index is -0.807. The Morgan fingerprint density at radius 2 is 2.10 bits per heavy atom. The molecule has 0 aliphatic carbocycles. The number of benzene rings is 1. The molecule has 1 N–H and O–H groups in total. The maximum absolute atomic E-state index is 11.1. The van der Waals surface area contributed by atoms with Crippen LogP contribution in [0.2, 0.25) is 0 Å². The average Bonchev–Trinajstić information content (AvgIpc) is 2.74. The molecule has 0 spiro atoms. The van der Waals surface area contributed by atoms with E-state index in [0.29, 0.717) is 11.5 Å². The van der Waals surface area contributed by atoms with Crippen LogP contribution in [0.3, 0.4) is 0 Å². The number of hydrogen-bond donors (Lipinski definition) is 1. The first-order chi connectivity index (χ1) is 9.24. The lowest BCUT2D eigenvalue weighted by molar-refractivity contribution is -0.138. The summed E-state index contributed by atoms with van der Waals surface area (Å²) in [5, 5.41) is 9.13. The Bertz CT molecular complexity index is 549. The van der Waals surface area contributed by atoms with Crippen LogP contribution in [0.25, 0.3) is 0 Å². The SMILES string of the molecule is CC(C)c1c(C(C)(C)CC(=O)O)cc2c(c1Br)OCO2. The predicted molar refractivity (Wildman–Crippen MR) is 79.6 cm³/mol. The number of ether oxygens (including phenoxy) is 2. The number of fused-ring (bicyclic) bond motifs is 1. The third-order valence-electron chi connectivity index (χ3n) is 3.54. The molecule has 1 aromatic rings. The first-order valence-electron chi connectivity index (χ1n) is 6.58. The smallest absolute Gasteiger partial charge is 0.304 e. The molecule has 0 radical (unpaired) electrons. The van der Waals surface area contributed by atoms with Crippen LogP contribution in [-0.2, 0) is 10.2 Å². The summed E-state index contributed by atoms with van der Waals surface area (Å²) in [6.45, 7) is 8.26. The number of carboxylic acids is 1. The lowest BCUT2D eigenvalue weighted by atomic mass is 9.76. The van der Waals surface area contributed by atoms with E-state index in [-0.39, 0.29) is 19.1 Å². The molecule has 1 aliphatic rings. The fourth-order valence-corrected chi connectivity index (χ4v) is 3.60. The van der Waals surface area contributed by atoms with E-state index in [9.17, 15) is 4.79 Å². The number of hydrogen-bond acceptors (Lipinski definition) is 3. The van der Waals surface area contributed by atoms with Gasteiger partial charge in [-0.1, -0.05) is 27.7 Å². The monoisotopic (exact) mass is 342 g/mol. The molecule has 0 saturated heterocycles. The van der Waals surface area contributed by atoms with Crippen LogP contribution in [0.5, 0.6) is 11.5 Å². The molecule has 1 heterocycles. The highest BCUT2D eigenvalue weighted by molar-refractivity contribution is 9.10. The fourth-order valence-electron chi connectivity index (χ4n) is 2.61. The summed E-state index contributed by atoms with van der Waals surface area (Å²) in [6.07, 6.45) is 0.0683. The summed E-state index contributed by atoms with van der Waals surface area (Å²) in [5.41, 5.74) is 1.60. The van der Waals surface area contributed by atoms with Gasteiger partial charge in [0.05, 0.1) is 10.9 Å². The van der Waals surface area contributed by atoms with Gasteiger partial charge in [0.2, 0.25) is 6.79 Å². The molecule has 0 atom stereocenters. The van der Waals surface area contributed by atoms with Crippen LogP contribution in [-0.4, -0.2) is 17.9 Å². The third kappa shape index (κ3) is 2.64. The van der Waals surface area contributed by atoms with Gasteiger partial charge in [-0.3, -0.25) is 4.79 Å². The average molecular weight is 343 g/mol. The van der Waals surface area contributed by atoms with Crippen molar-refractivity contribution in [3.63, 3.8) is 0 Å². The second-order valence-corrected chi connectivity index (χ2v) is 6.79. The van der Waals surface area contributed by atoms with Gasteiger partial charge in [-0.15, -0.1) is 0 Å². The Kier molecular flexibility index (Phi) is 4.00. The van der Waals surface area contributed by atoms with Crippen molar-refractivity contribution in [1.29, 1.82) is 0 Å². The number of carboxylic acid groups (broad SMARTS) is 1. The van der Waals surface area contributed by atoms with E-state index < -0.39 is 11.4 Å². The molecule has 0 amide bonds. The Hall–Kier alpha value is -1.23. The standard InChI is InChI=1S/C15H19BrO4/c1-8(2)12-9(15(3,4)6-11(17)18)5-10-14(13(12)16)20-7-19-10/h5,8H,6-7H2,1-4H3,(H,17,18). The molecule has 5 heteroatoms. The van der Waals surface area contributed by atoms with E-state index in [1.165, 1.54) is 0 Å². The molecule has 0 fully saturated rings. The third-order valence-corrected chi connectivity index (χ3v) is 4.33. The lowest BCUT2D eigenvalue weighted by Gasteiger charge is -2.29. The normalized spacial score (nSPS) is 13.9. The number of rotatable bonds is 4. The topological polar surface area (TPSA) is 55.8 Å². The summed E-state index contributed by atoms with van der Waals surface area (Å²) in [4.78, 5) is 11.1. The molecule has 0 unspecified atom stereocenters. The van der Waals surface area contributed by atoms with Gasteiger partial charge in [0.1, 0.15) is 0 Å². The minimum absolute atomic E-state index is 0.0683. The van der Waals surface area contributed by atoms with E-state index in [1.807, 2.05) is 19.9 Å². The maximum Gasteiger partial charge on any atom is 0.304 e. The zero-order valence-corrected chi connectivity index (χ0v) is 13.7. The highest BCUT2D eigenvalue weighted by Gasteiger charge is 2.33. The van der Waals surface area contributed by atoms with Gasteiger partial charge >= 0.3 is 5.97 Å². The fraction of sp³-hybridized carbons (Fsp3) is 0.533. The lowest BCUT2D eigenvalue weighted by Crippen LogP contribution is -2.24. The quantitative estimate of drug-likeness (QED) is 0.896. The first-order valence-corrected chi connectivity index (χ1v) is 7.37. The van der Waals surface area contributed by atoms with Gasteiger partial charge in [0.15, 0.2) is 11.5 Å². The van der Waals surface area contributed by atoms with Gasteiger partial charge < -0.3 is 14.6 Å². The molecule has 4 nitrogen and oxygen atoms in total. The van der Waals surface area contributed by atoms with Crippen molar-refractivity contribution in [3.8, 4) is 11.5 Å². The zero-order valence-electron chi connectivity index (χ0n) is 12.1. The highest BCUT2D eigenvalue weighted by Crippen LogP contribution is 2.48. The largest absolute Gasteiger partial charge is 0.481 e. The van der Waals surface area contributed by atoms with E-state index in [2.05, 4.69) is 29.8 Å². The number of aliphatic carboxylic acids is 1. The summed E-state index contributed by atoms with van der Waals surface area (Å²) in [7, 11) is 0. The van der Waals surface area contributed by atoms with Crippen molar-refractivity contribution in [2.24, 2.45) is 0 Å². The van der Waals surface area contributed by atoms with Gasteiger partial charge in [-0.2, -0.15) is 0 Å². The van der Waals surface area contributed by atoms with Crippen molar-refractivity contribution in [1.82, 2.24) is 0 Å². The van der Waals surface area contributed by atoms with E-state index >= 15 is 0 Å². The Morgan fingerprint density at radius 1 is 1.45 bits per heavy atom. The van der Waals surface area contributed by atoms with Crippen LogP contribution in [0.1, 0.15) is 51.2 Å². The van der Waals surface area contributed by atoms with Crippen LogP contribution in [0, 0.1) is 0 Å².